The second-order valence-electron chi connectivity index (χ2n) is 22.4. The van der Waals surface area contributed by atoms with E-state index in [1.165, 1.54) is 51.3 Å². The van der Waals surface area contributed by atoms with Crippen LogP contribution in [0.5, 0.6) is 11.5 Å². The molecule has 0 unspecified atom stereocenters. The second kappa shape index (κ2) is 22.4. The fourth-order valence-corrected chi connectivity index (χ4v) is 11.9. The molecule has 4 aromatic carbocycles. The topological polar surface area (TPSA) is 107 Å². The molecule has 0 amide bonds. The van der Waals surface area contributed by atoms with Crippen molar-refractivity contribution < 1.29 is 54.9 Å². The van der Waals surface area contributed by atoms with Crippen molar-refractivity contribution in [1.82, 2.24) is 19.1 Å². The van der Waals surface area contributed by atoms with E-state index in [-0.39, 0.29) is 46.4 Å². The normalized spacial score (nSPS) is 19.7. The molecule has 8 rings (SSSR count). The molecule has 0 spiro atoms. The lowest BCUT2D eigenvalue weighted by molar-refractivity contribution is -0.275. The van der Waals surface area contributed by atoms with Crippen LogP contribution in [-0.4, -0.2) is 58.0 Å². The first kappa shape index (κ1) is 55.7. The van der Waals surface area contributed by atoms with Crippen LogP contribution in [0.1, 0.15) is 150 Å². The van der Waals surface area contributed by atoms with Gasteiger partial charge in [-0.05, 0) is 170 Å². The van der Waals surface area contributed by atoms with E-state index in [4.69, 9.17) is 19.4 Å². The number of ether oxygens (including phenoxy) is 4. The van der Waals surface area contributed by atoms with Gasteiger partial charge in [-0.1, -0.05) is 65.8 Å². The minimum atomic E-state index is -4.72. The molecular weight excluding hydrogens is 963 g/mol. The van der Waals surface area contributed by atoms with Gasteiger partial charge in [-0.3, -0.25) is 9.59 Å². The Bertz CT molecular complexity index is 2720. The first-order chi connectivity index (χ1) is 34.7. The molecule has 2 aliphatic rings. The summed E-state index contributed by atoms with van der Waals surface area (Å²) in [5, 5.41) is 0. The van der Waals surface area contributed by atoms with Crippen LogP contribution in [0.3, 0.4) is 0 Å². The number of aryl methyl sites for hydroxylation is 4. The Hall–Kier alpha value is -6.06. The van der Waals surface area contributed by atoms with Gasteiger partial charge in [0.05, 0.1) is 36.3 Å². The number of nitrogens with zero attached hydrogens (tertiary/aromatic N) is 4. The number of halogens is 6. The molecule has 0 aliphatic heterocycles. The zero-order chi connectivity index (χ0) is 53.9. The summed E-state index contributed by atoms with van der Waals surface area (Å²) >= 11 is 0. The van der Waals surface area contributed by atoms with E-state index in [9.17, 15) is 35.9 Å². The Labute approximate surface area is 430 Å². The van der Waals surface area contributed by atoms with Gasteiger partial charge in [-0.2, -0.15) is 0 Å². The fourth-order valence-electron chi connectivity index (χ4n) is 11.9. The Kier molecular flexibility index (Phi) is 16.9. The van der Waals surface area contributed by atoms with Crippen molar-refractivity contribution in [2.75, 3.05) is 14.2 Å². The number of alkyl halides is 6. The molecule has 0 bridgehead atoms. The molecule has 0 N–H and O–H groups in total. The Morgan fingerprint density at radius 1 is 0.581 bits per heavy atom. The number of carbonyl (C=O) groups is 2. The van der Waals surface area contributed by atoms with Gasteiger partial charge in [0.2, 0.25) is 0 Å². The highest BCUT2D eigenvalue weighted by Gasteiger charge is 2.37. The van der Waals surface area contributed by atoms with Crippen molar-refractivity contribution in [3.05, 3.63) is 118 Å². The van der Waals surface area contributed by atoms with E-state index in [0.717, 1.165) is 92.8 Å². The van der Waals surface area contributed by atoms with E-state index in [1.54, 1.807) is 24.3 Å². The number of carbonyl (C=O) groups excluding carboxylic acids is 2. The Morgan fingerprint density at radius 2 is 0.932 bits per heavy atom. The molecule has 6 aromatic rings. The zero-order valence-corrected chi connectivity index (χ0v) is 44.2. The average Bonchev–Trinajstić information content (AvgIpc) is 3.82. The molecule has 2 fully saturated rings. The second-order valence-corrected chi connectivity index (χ2v) is 22.4. The molecule has 2 saturated carbocycles. The maximum Gasteiger partial charge on any atom is 0.573 e. The van der Waals surface area contributed by atoms with E-state index in [0.29, 0.717) is 50.4 Å². The van der Waals surface area contributed by atoms with Crippen molar-refractivity contribution >= 4 is 34.0 Å². The third-order valence-corrected chi connectivity index (χ3v) is 14.6. The van der Waals surface area contributed by atoms with Gasteiger partial charge in [-0.15, -0.1) is 26.3 Å². The lowest BCUT2D eigenvalue weighted by Crippen LogP contribution is -2.30. The minimum Gasteiger partial charge on any atom is -0.469 e. The molecule has 0 saturated heterocycles. The summed E-state index contributed by atoms with van der Waals surface area (Å²) < 4.78 is 97.9. The predicted octanol–water partition coefficient (Wildman–Crippen LogP) is 14.7. The summed E-state index contributed by atoms with van der Waals surface area (Å²) in [6, 6.07) is 21.0. The third kappa shape index (κ3) is 14.6. The maximum absolute atomic E-state index is 12.6. The first-order valence-corrected chi connectivity index (χ1v) is 25.5. The highest BCUT2D eigenvalue weighted by molar-refractivity contribution is 5.80. The molecular formula is C58H70F6N4O6. The quantitative estimate of drug-likeness (QED) is 0.0784. The van der Waals surface area contributed by atoms with Crippen molar-refractivity contribution in [3.8, 4) is 11.5 Å². The van der Waals surface area contributed by atoms with Crippen LogP contribution in [0, 0.1) is 36.5 Å². The SMILES string of the molecule is COC(=O)CCc1cc2nc(Cc3ccc(OC(F)(F)F)cc3)n([C@@H]3C[C@H](C)CC(C)(C)C3)c2cc1C.COC(=O)CCc1cc2nc(Cc3ccc(OC(F)(F)F)cc3)n([C@H]3C[C@@H](C)CC(C)(C)C3)c2cc1C. The van der Waals surface area contributed by atoms with Gasteiger partial charge < -0.3 is 28.1 Å². The van der Waals surface area contributed by atoms with Crippen LogP contribution in [0.2, 0.25) is 0 Å². The van der Waals surface area contributed by atoms with Crippen molar-refractivity contribution in [2.45, 2.75) is 157 Å². The van der Waals surface area contributed by atoms with Crippen molar-refractivity contribution in [3.63, 3.8) is 0 Å². The van der Waals surface area contributed by atoms with Gasteiger partial charge in [-0.25, -0.2) is 9.97 Å². The third-order valence-electron chi connectivity index (χ3n) is 14.6. The van der Waals surface area contributed by atoms with E-state index < -0.39 is 12.7 Å². The summed E-state index contributed by atoms with van der Waals surface area (Å²) in [6.45, 7) is 17.9. The van der Waals surface area contributed by atoms with Gasteiger partial charge in [0.25, 0.3) is 0 Å². The van der Waals surface area contributed by atoms with Crippen LogP contribution in [0.25, 0.3) is 22.1 Å². The molecule has 16 heteroatoms. The van der Waals surface area contributed by atoms with Gasteiger partial charge in [0.15, 0.2) is 0 Å². The number of esters is 2. The number of fused-ring (bicyclic) bond motifs is 2. The monoisotopic (exact) mass is 1030 g/mol. The summed E-state index contributed by atoms with van der Waals surface area (Å²) in [4.78, 5) is 33.5. The van der Waals surface area contributed by atoms with Crippen LogP contribution < -0.4 is 9.47 Å². The fraction of sp³-hybridized carbons (Fsp3) is 0.517. The number of methoxy groups -OCH3 is 2. The first-order valence-electron chi connectivity index (χ1n) is 25.5. The zero-order valence-electron chi connectivity index (χ0n) is 44.2. The Morgan fingerprint density at radius 3 is 1.24 bits per heavy atom. The summed E-state index contributed by atoms with van der Waals surface area (Å²) in [6.07, 6.45) is -0.227. The highest BCUT2D eigenvalue weighted by atomic mass is 19.4. The van der Waals surface area contributed by atoms with Crippen molar-refractivity contribution in [1.29, 1.82) is 0 Å². The molecule has 0 radical (unpaired) electrons. The number of hydrogen-bond donors (Lipinski definition) is 0. The number of hydrogen-bond acceptors (Lipinski definition) is 8. The molecule has 74 heavy (non-hydrogen) atoms. The van der Waals surface area contributed by atoms with Crippen LogP contribution >= 0.6 is 0 Å². The van der Waals surface area contributed by atoms with Crippen LogP contribution in [0.15, 0.2) is 72.8 Å². The van der Waals surface area contributed by atoms with E-state index >= 15 is 0 Å². The molecule has 10 nitrogen and oxygen atoms in total. The van der Waals surface area contributed by atoms with E-state index in [1.807, 2.05) is 0 Å². The standard InChI is InChI=1S/2C29H35F3N2O3/c2*1-18-12-22(17-28(3,4)16-18)34-25-13-19(2)21(8-11-27(35)36-5)15-24(25)33-26(34)14-20-6-9-23(10-7-20)37-29(30,31)32/h2*6-7,9-10,13,15,18,22H,8,11-12,14,16-17H2,1-5H3/t2*18-,22+/m10/s1. The molecule has 4 atom stereocenters. The van der Waals surface area contributed by atoms with Gasteiger partial charge in [0, 0.05) is 37.8 Å². The summed E-state index contributed by atoms with van der Waals surface area (Å²) in [7, 11) is 2.78. The van der Waals surface area contributed by atoms with Gasteiger partial charge in [0.1, 0.15) is 23.1 Å². The minimum absolute atomic E-state index is 0.197. The lowest BCUT2D eigenvalue weighted by atomic mass is 9.70. The average molecular weight is 1030 g/mol. The molecule has 2 aromatic heterocycles. The number of rotatable bonds is 14. The molecule has 400 valence electrons. The molecule has 2 heterocycles. The summed E-state index contributed by atoms with van der Waals surface area (Å²) in [5.74, 6) is 1.94. The predicted molar refractivity (Wildman–Crippen MR) is 273 cm³/mol. The number of benzene rings is 4. The highest BCUT2D eigenvalue weighted by Crippen LogP contribution is 2.47. The smallest absolute Gasteiger partial charge is 0.469 e. The largest absolute Gasteiger partial charge is 0.573 e. The van der Waals surface area contributed by atoms with Crippen LogP contribution in [-0.2, 0) is 44.7 Å². The van der Waals surface area contributed by atoms with Gasteiger partial charge >= 0.3 is 24.7 Å². The van der Waals surface area contributed by atoms with Crippen molar-refractivity contribution in [2.24, 2.45) is 22.7 Å². The maximum atomic E-state index is 12.6. The number of aromatic nitrogens is 4. The summed E-state index contributed by atoms with van der Waals surface area (Å²) in [5.41, 5.74) is 10.3. The molecule has 2 aliphatic carbocycles. The van der Waals surface area contributed by atoms with E-state index in [2.05, 4.69) is 98.3 Å². The lowest BCUT2D eigenvalue weighted by Gasteiger charge is -2.40. The van der Waals surface area contributed by atoms with Crippen LogP contribution in [0.4, 0.5) is 26.3 Å². The number of imidazole rings is 2. The Balaban J connectivity index is 0.000000216.